The normalized spacial score (nSPS) is 15.1. The molecule has 1 atom stereocenters. The second-order valence-electron chi connectivity index (χ2n) is 12.5. The van der Waals surface area contributed by atoms with E-state index in [1.54, 1.807) is 24.0 Å². The van der Waals surface area contributed by atoms with E-state index in [9.17, 15) is 5.11 Å². The molecule has 11 nitrogen and oxygen atoms in total. The van der Waals surface area contributed by atoms with Gasteiger partial charge in [-0.2, -0.15) is 10.1 Å². The average Bonchev–Trinajstić information content (AvgIpc) is 3.79. The Bertz CT molecular complexity index is 1570. The summed E-state index contributed by atoms with van der Waals surface area (Å²) in [7, 11) is 1.00. The number of aliphatic imine (C=N–C) groups is 1. The average molecular weight is 715 g/mol. The van der Waals surface area contributed by atoms with E-state index in [4.69, 9.17) is 15.2 Å². The largest absolute Gasteiger partial charge is 0.508 e. The summed E-state index contributed by atoms with van der Waals surface area (Å²) in [5.74, 6) is 0.852. The third-order valence-corrected chi connectivity index (χ3v) is 9.55. The van der Waals surface area contributed by atoms with Crippen LogP contribution in [0.3, 0.4) is 0 Å². The number of aromatic nitrogens is 5. The number of rotatable bonds is 8. The molecule has 14 heteroatoms. The van der Waals surface area contributed by atoms with Gasteiger partial charge in [-0.25, -0.2) is 9.99 Å². The van der Waals surface area contributed by atoms with Crippen LogP contribution in [-0.4, -0.2) is 69.5 Å². The summed E-state index contributed by atoms with van der Waals surface area (Å²) < 4.78 is 2.07. The third-order valence-electron chi connectivity index (χ3n) is 6.71. The van der Waals surface area contributed by atoms with Gasteiger partial charge in [-0.3, -0.25) is 4.98 Å². The molecule has 1 aliphatic rings. The number of hydrazone groups is 1. The number of phenols is 1. The number of aryl methyl sites for hydroxylation is 1. The van der Waals surface area contributed by atoms with E-state index in [1.165, 1.54) is 11.3 Å². The second-order valence-corrected chi connectivity index (χ2v) is 14.5. The molecule has 4 heterocycles. The quantitative estimate of drug-likeness (QED) is 0.121. The van der Waals surface area contributed by atoms with Crippen molar-refractivity contribution in [2.45, 2.75) is 71.8 Å². The second kappa shape index (κ2) is 16.6. The van der Waals surface area contributed by atoms with E-state index < -0.39 is 0 Å². The first kappa shape index (κ1) is 37.3. The summed E-state index contributed by atoms with van der Waals surface area (Å²) in [6.07, 6.45) is 8.24. The Morgan fingerprint density at radius 2 is 1.72 bits per heavy atom. The zero-order valence-corrected chi connectivity index (χ0v) is 32.3. The van der Waals surface area contributed by atoms with Crippen LogP contribution in [0.15, 0.2) is 77.5 Å². The number of aromatic hydroxyl groups is 1. The van der Waals surface area contributed by atoms with Crippen molar-refractivity contribution in [1.29, 1.82) is 0 Å². The van der Waals surface area contributed by atoms with Gasteiger partial charge in [-0.15, -0.1) is 10.2 Å². The Morgan fingerprint density at radius 3 is 2.33 bits per heavy atom. The fourth-order valence-corrected chi connectivity index (χ4v) is 6.45. The molecule has 0 aliphatic carbocycles. The first-order chi connectivity index (χ1) is 21.5. The number of thioether (sulfide) groups is 1. The van der Waals surface area contributed by atoms with Gasteiger partial charge in [0.2, 0.25) is 11.1 Å². The monoisotopic (exact) mass is 713 g/mol. The molecule has 2 N–H and O–H groups in total. The minimum Gasteiger partial charge on any atom is -0.508 e. The van der Waals surface area contributed by atoms with Gasteiger partial charge in [0.15, 0.2) is 0 Å². The van der Waals surface area contributed by atoms with E-state index >= 15 is 0 Å². The first-order valence-electron chi connectivity index (χ1n) is 14.8. The molecule has 0 bridgehead atoms. The van der Waals surface area contributed by atoms with Crippen molar-refractivity contribution >= 4 is 39.2 Å². The van der Waals surface area contributed by atoms with Gasteiger partial charge in [-0.1, -0.05) is 88.9 Å². The molecule has 0 amide bonds. The van der Waals surface area contributed by atoms with E-state index in [2.05, 4.69) is 71.2 Å². The van der Waals surface area contributed by atoms with Crippen molar-refractivity contribution in [1.82, 2.24) is 34.6 Å². The van der Waals surface area contributed by atoms with Crippen molar-refractivity contribution in [3.05, 3.63) is 83.6 Å². The Balaban J connectivity index is 0.00000188. The Hall–Kier alpha value is -3.19. The molecular weight excluding hydrogens is 672 g/mol. The summed E-state index contributed by atoms with van der Waals surface area (Å²) in [6.45, 7) is 14.8. The van der Waals surface area contributed by atoms with Crippen LogP contribution < -0.4 is 0 Å². The van der Waals surface area contributed by atoms with Crippen LogP contribution in [0.5, 0.6) is 5.75 Å². The maximum atomic E-state index is 11.0. The first-order valence-corrected chi connectivity index (χ1v) is 16.5. The molecule has 0 spiro atoms. The predicted octanol–water partition coefficient (Wildman–Crippen LogP) is 6.43. The number of aliphatic hydroxyl groups is 1. The number of nitrogens with zero attached hydrogens (tertiary/aromatic N) is 9. The van der Waals surface area contributed by atoms with E-state index in [-0.39, 0.29) is 41.4 Å². The number of hydrogen-bond acceptors (Lipinski definition) is 10. The van der Waals surface area contributed by atoms with Gasteiger partial charge >= 0.3 is 0 Å². The summed E-state index contributed by atoms with van der Waals surface area (Å²) in [6, 6.07) is 13.4. The van der Waals surface area contributed by atoms with Gasteiger partial charge in [0.05, 0.1) is 18.6 Å². The number of imidazole rings is 1. The minimum atomic E-state index is -0.330. The fourth-order valence-electron chi connectivity index (χ4n) is 4.41. The molecular formula is C32H43N9O2S2Zn. The van der Waals surface area contributed by atoms with Crippen LogP contribution in [0.2, 0.25) is 0 Å². The molecule has 0 radical (unpaired) electrons. The zero-order chi connectivity index (χ0) is 32.6. The van der Waals surface area contributed by atoms with Crippen molar-refractivity contribution in [2.75, 3.05) is 13.7 Å². The van der Waals surface area contributed by atoms with Crippen LogP contribution in [0.25, 0.3) is 0 Å². The van der Waals surface area contributed by atoms with Crippen molar-refractivity contribution < 1.29 is 29.7 Å². The molecule has 242 valence electrons. The molecule has 1 unspecified atom stereocenters. The number of benzene rings is 1. The Labute approximate surface area is 292 Å². The summed E-state index contributed by atoms with van der Waals surface area (Å²) in [5, 5.41) is 36.2. The molecule has 1 aromatic carbocycles. The predicted molar refractivity (Wildman–Crippen MR) is 183 cm³/mol. The number of hydrogen-bond donors (Lipinski definition) is 2. The molecule has 5 rings (SSSR count). The molecule has 0 saturated heterocycles. The topological polar surface area (TPSA) is 128 Å². The molecule has 3 aromatic heterocycles. The van der Waals surface area contributed by atoms with E-state index in [0.29, 0.717) is 24.2 Å². The zero-order valence-electron chi connectivity index (χ0n) is 27.7. The Morgan fingerprint density at radius 1 is 0.978 bits per heavy atom. The number of pyridine rings is 1. The van der Waals surface area contributed by atoms with Gasteiger partial charge in [0.1, 0.15) is 21.2 Å². The van der Waals surface area contributed by atoms with Gasteiger partial charge < -0.3 is 19.7 Å². The standard InChI is InChI=1S/C31H39N9OS2.CH4O.Zn/c1-30(2,3)26-35-36-28(43-26)34-29(39(20-22-12-9-10-15-33-22)18-11-17-38-19-16-32-21-38)40-25(23-13-7-8-14-24(23)41)42-27(37-40)31(4,5)6;1-2;/h7-10,12-16,19,21,25,41H,11,17-18,20H2,1-6H3;2H,1H3;/b34-29+;;. The van der Waals surface area contributed by atoms with Crippen LogP contribution >= 0.6 is 23.1 Å². The van der Waals surface area contributed by atoms with Crippen molar-refractivity contribution in [3.63, 3.8) is 0 Å². The molecule has 4 aromatic rings. The summed E-state index contributed by atoms with van der Waals surface area (Å²) in [5.41, 5.74) is 1.33. The molecule has 0 fully saturated rings. The molecule has 0 saturated carbocycles. The Kier molecular flexibility index (Phi) is 13.4. The van der Waals surface area contributed by atoms with Crippen molar-refractivity contribution in [3.8, 4) is 5.75 Å². The number of aliphatic hydroxyl groups excluding tert-OH is 1. The fraction of sp³-hybridized carbons (Fsp3) is 0.438. The maximum Gasteiger partial charge on any atom is 0.234 e. The third kappa shape index (κ3) is 9.67. The number of para-hydroxylation sites is 1. The van der Waals surface area contributed by atoms with Crippen molar-refractivity contribution in [2.24, 2.45) is 15.5 Å². The van der Waals surface area contributed by atoms with Crippen LogP contribution in [0, 0.1) is 5.41 Å². The number of phenolic OH excluding ortho intramolecular Hbond substituents is 1. The van der Waals surface area contributed by atoms with Crippen LogP contribution in [0.4, 0.5) is 5.13 Å². The summed E-state index contributed by atoms with van der Waals surface area (Å²) in [4.78, 5) is 16.2. The minimum absolute atomic E-state index is 0. The van der Waals surface area contributed by atoms with E-state index in [0.717, 1.165) is 41.4 Å². The summed E-state index contributed by atoms with van der Waals surface area (Å²) >= 11 is 3.12. The van der Waals surface area contributed by atoms with Crippen LogP contribution in [-0.2, 0) is 38.0 Å². The van der Waals surface area contributed by atoms with E-state index in [1.807, 2.05) is 60.1 Å². The molecule has 46 heavy (non-hydrogen) atoms. The van der Waals surface area contributed by atoms with Gasteiger partial charge in [0.25, 0.3) is 0 Å². The maximum absolute atomic E-state index is 11.0. The smallest absolute Gasteiger partial charge is 0.234 e. The molecule has 1 aliphatic heterocycles. The van der Waals surface area contributed by atoms with Gasteiger partial charge in [0, 0.05) is 74.7 Å². The van der Waals surface area contributed by atoms with Crippen LogP contribution in [0.1, 0.15) is 69.6 Å². The number of guanidine groups is 1. The SMILES string of the molecule is CC(C)(C)C1=NN(/C(=N/c2nnc(C(C)(C)C)s2)N(CCCn2ccnc2)Cc2ccccn2)C(c2ccccc2O)S1.CO.[Zn]. The van der Waals surface area contributed by atoms with Gasteiger partial charge in [-0.05, 0) is 24.6 Å².